The summed E-state index contributed by atoms with van der Waals surface area (Å²) in [5.74, 6) is -0.103. The third-order valence-electron chi connectivity index (χ3n) is 4.90. The van der Waals surface area contributed by atoms with Crippen LogP contribution in [0.2, 0.25) is 0 Å². The summed E-state index contributed by atoms with van der Waals surface area (Å²) in [6.07, 6.45) is -9.21. The molecule has 0 spiro atoms. The molecule has 0 radical (unpaired) electrons. The molecule has 0 aliphatic rings. The van der Waals surface area contributed by atoms with Crippen molar-refractivity contribution in [3.05, 3.63) is 83.9 Å². The number of halogens is 6. The monoisotopic (exact) mass is 507 g/mol. The normalized spacial score (nSPS) is 11.8. The van der Waals surface area contributed by atoms with Crippen LogP contribution in [0, 0.1) is 0 Å². The number of carbonyl (C=O) groups is 2. The molecule has 3 N–H and O–H groups in total. The molecule has 0 unspecified atom stereocenters. The molecule has 1 heterocycles. The fourth-order valence-corrected chi connectivity index (χ4v) is 3.31. The van der Waals surface area contributed by atoms with Crippen LogP contribution in [0.3, 0.4) is 0 Å². The highest BCUT2D eigenvalue weighted by Gasteiger charge is 2.31. The van der Waals surface area contributed by atoms with Crippen molar-refractivity contribution >= 4 is 40.2 Å². The van der Waals surface area contributed by atoms with Crippen LogP contribution in [-0.2, 0) is 12.4 Å². The molecular formula is C23H15F6N5O2. The number of benzene rings is 3. The smallest absolute Gasteiger partial charge is 0.308 e. The van der Waals surface area contributed by atoms with Crippen LogP contribution in [0.15, 0.2) is 72.8 Å². The van der Waals surface area contributed by atoms with Gasteiger partial charge in [0.05, 0.1) is 16.6 Å². The lowest BCUT2D eigenvalue weighted by Crippen LogP contribution is -2.23. The van der Waals surface area contributed by atoms with E-state index in [1.807, 2.05) is 0 Å². The summed E-state index contributed by atoms with van der Waals surface area (Å²) in [4.78, 5) is 25.2. The van der Waals surface area contributed by atoms with Crippen LogP contribution < -0.4 is 16.0 Å². The molecule has 1 aromatic heterocycles. The lowest BCUT2D eigenvalue weighted by Gasteiger charge is -2.10. The maximum absolute atomic E-state index is 13.0. The first-order valence-corrected chi connectivity index (χ1v) is 10.1. The van der Waals surface area contributed by atoms with E-state index in [-0.39, 0.29) is 22.7 Å². The van der Waals surface area contributed by atoms with Gasteiger partial charge < -0.3 is 10.6 Å². The Morgan fingerprint density at radius 3 is 1.83 bits per heavy atom. The zero-order valence-corrected chi connectivity index (χ0v) is 17.9. The largest absolute Gasteiger partial charge is 0.416 e. The van der Waals surface area contributed by atoms with Crippen LogP contribution in [0.1, 0.15) is 11.1 Å². The Balaban J connectivity index is 1.56. The number of aromatic nitrogens is 2. The van der Waals surface area contributed by atoms with Crippen molar-refractivity contribution < 1.29 is 35.9 Å². The quantitative estimate of drug-likeness (QED) is 0.267. The van der Waals surface area contributed by atoms with E-state index in [1.54, 1.807) is 12.1 Å². The second kappa shape index (κ2) is 9.24. The number of hydrogen-bond acceptors (Lipinski definition) is 3. The topological polar surface area (TPSA) is 88.1 Å². The van der Waals surface area contributed by atoms with E-state index in [2.05, 4.69) is 21.0 Å². The summed E-state index contributed by atoms with van der Waals surface area (Å²) >= 11 is 0. The van der Waals surface area contributed by atoms with Crippen LogP contribution in [0.25, 0.3) is 10.9 Å². The number of nitrogens with one attached hydrogen (secondary N) is 3. The number of anilines is 3. The summed E-state index contributed by atoms with van der Waals surface area (Å²) in [5.41, 5.74) is -1.96. The maximum atomic E-state index is 13.0. The molecule has 3 amide bonds. The van der Waals surface area contributed by atoms with Crippen molar-refractivity contribution in [1.82, 2.24) is 9.78 Å². The molecule has 3 aromatic carbocycles. The van der Waals surface area contributed by atoms with Crippen LogP contribution in [0.4, 0.5) is 53.1 Å². The maximum Gasteiger partial charge on any atom is 0.416 e. The summed E-state index contributed by atoms with van der Waals surface area (Å²) in [7, 11) is 0. The Labute approximate surface area is 198 Å². The SMILES string of the molecule is O=C(Nc1cccc(C(F)(F)F)c1)Nc1nn(C(=O)Nc2cccc(C(F)(F)F)c2)c2ccccc12. The minimum atomic E-state index is -4.61. The standard InChI is InChI=1S/C23H15F6N5O2/c24-22(25,26)13-5-3-7-15(11-13)30-20(35)32-19-17-9-1-2-10-18(17)34(33-19)21(36)31-16-8-4-6-14(12-16)23(27,28)29/h1-12H,(H,31,36)(H2,30,32,33,35). The third kappa shape index (κ3) is 5.40. The fraction of sp³-hybridized carbons (Fsp3) is 0.0870. The first-order chi connectivity index (χ1) is 16.9. The van der Waals surface area contributed by atoms with Gasteiger partial charge in [-0.15, -0.1) is 5.10 Å². The van der Waals surface area contributed by atoms with Gasteiger partial charge in [0.1, 0.15) is 0 Å². The van der Waals surface area contributed by atoms with E-state index in [0.29, 0.717) is 5.39 Å². The van der Waals surface area contributed by atoms with Gasteiger partial charge in [-0.3, -0.25) is 5.32 Å². The highest BCUT2D eigenvalue weighted by Crippen LogP contribution is 2.32. The molecule has 36 heavy (non-hydrogen) atoms. The number of nitrogens with zero attached hydrogens (tertiary/aromatic N) is 2. The highest BCUT2D eigenvalue weighted by atomic mass is 19.4. The van der Waals surface area contributed by atoms with Crippen molar-refractivity contribution in [3.8, 4) is 0 Å². The zero-order chi connectivity index (χ0) is 26.1. The molecule has 0 atom stereocenters. The summed E-state index contributed by atoms with van der Waals surface area (Å²) in [6.45, 7) is 0. The number of alkyl halides is 6. The molecule has 4 aromatic rings. The summed E-state index contributed by atoms with van der Waals surface area (Å²) in [5, 5.41) is 11.3. The molecule has 0 bridgehead atoms. The van der Waals surface area contributed by atoms with E-state index >= 15 is 0 Å². The Bertz CT molecular complexity index is 1440. The van der Waals surface area contributed by atoms with Crippen molar-refractivity contribution in [2.75, 3.05) is 16.0 Å². The molecule has 0 saturated carbocycles. The van der Waals surface area contributed by atoms with Crippen molar-refractivity contribution in [2.24, 2.45) is 0 Å². The number of urea groups is 1. The molecular weight excluding hydrogens is 492 g/mol. The highest BCUT2D eigenvalue weighted by molar-refractivity contribution is 6.07. The predicted octanol–water partition coefficient (Wildman–Crippen LogP) is 6.80. The number of rotatable bonds is 3. The molecule has 13 heteroatoms. The van der Waals surface area contributed by atoms with Gasteiger partial charge in [-0.05, 0) is 48.5 Å². The van der Waals surface area contributed by atoms with Gasteiger partial charge in [-0.1, -0.05) is 24.3 Å². The second-order valence-electron chi connectivity index (χ2n) is 7.44. The number of hydrogen-bond donors (Lipinski definition) is 3. The Morgan fingerprint density at radius 1 is 0.694 bits per heavy atom. The molecule has 0 aliphatic heterocycles. The molecule has 7 nitrogen and oxygen atoms in total. The Hall–Kier alpha value is -4.55. The third-order valence-corrected chi connectivity index (χ3v) is 4.90. The van der Waals surface area contributed by atoms with E-state index in [1.165, 1.54) is 24.3 Å². The average molecular weight is 507 g/mol. The van der Waals surface area contributed by atoms with E-state index in [4.69, 9.17) is 0 Å². The van der Waals surface area contributed by atoms with E-state index < -0.39 is 35.5 Å². The Kier molecular flexibility index (Phi) is 6.31. The summed E-state index contributed by atoms with van der Waals surface area (Å²) in [6, 6.07) is 12.3. The Morgan fingerprint density at radius 2 is 1.25 bits per heavy atom. The average Bonchev–Trinajstić information content (AvgIpc) is 3.17. The van der Waals surface area contributed by atoms with Gasteiger partial charge in [0.25, 0.3) is 0 Å². The fourth-order valence-electron chi connectivity index (χ4n) is 3.31. The van der Waals surface area contributed by atoms with Gasteiger partial charge in [0.2, 0.25) is 0 Å². The second-order valence-corrected chi connectivity index (χ2v) is 7.44. The predicted molar refractivity (Wildman–Crippen MR) is 120 cm³/mol. The van der Waals surface area contributed by atoms with Crippen LogP contribution in [-0.4, -0.2) is 21.8 Å². The van der Waals surface area contributed by atoms with Crippen LogP contribution in [0.5, 0.6) is 0 Å². The number of carbonyl (C=O) groups excluding carboxylic acids is 2. The van der Waals surface area contributed by atoms with Gasteiger partial charge in [-0.25, -0.2) is 9.59 Å². The lowest BCUT2D eigenvalue weighted by atomic mass is 10.2. The number of para-hydroxylation sites is 1. The minimum Gasteiger partial charge on any atom is -0.308 e. The van der Waals surface area contributed by atoms with Crippen molar-refractivity contribution in [3.63, 3.8) is 0 Å². The molecule has 0 aliphatic carbocycles. The molecule has 186 valence electrons. The van der Waals surface area contributed by atoms with E-state index in [9.17, 15) is 35.9 Å². The lowest BCUT2D eigenvalue weighted by molar-refractivity contribution is -0.138. The minimum absolute atomic E-state index is 0.103. The number of amides is 3. The van der Waals surface area contributed by atoms with E-state index in [0.717, 1.165) is 41.1 Å². The first-order valence-electron chi connectivity index (χ1n) is 10.1. The van der Waals surface area contributed by atoms with Gasteiger partial charge in [0, 0.05) is 16.8 Å². The van der Waals surface area contributed by atoms with Crippen molar-refractivity contribution in [1.29, 1.82) is 0 Å². The molecule has 0 fully saturated rings. The molecule has 4 rings (SSSR count). The van der Waals surface area contributed by atoms with Gasteiger partial charge in [-0.2, -0.15) is 31.0 Å². The van der Waals surface area contributed by atoms with Gasteiger partial charge >= 0.3 is 24.4 Å². The molecule has 0 saturated heterocycles. The van der Waals surface area contributed by atoms with Gasteiger partial charge in [0.15, 0.2) is 5.82 Å². The van der Waals surface area contributed by atoms with Crippen LogP contribution >= 0.6 is 0 Å². The first kappa shape index (κ1) is 24.6. The zero-order valence-electron chi connectivity index (χ0n) is 17.9. The van der Waals surface area contributed by atoms with Crippen molar-refractivity contribution in [2.45, 2.75) is 12.4 Å². The number of fused-ring (bicyclic) bond motifs is 1. The summed E-state index contributed by atoms with van der Waals surface area (Å²) < 4.78 is 78.5.